The summed E-state index contributed by atoms with van der Waals surface area (Å²) in [6, 6.07) is 30.7. The standard InChI is InChI=1S/C28H22N2O3/c31-27(19-33-23-10-2-1-3-11-23)25-17-30(26-13-7-6-12-24(25)26)18-28(32)29-22-15-14-20-8-4-5-9-21(20)16-22/h1-17H,18-19H2,(H,29,32). The molecule has 0 fully saturated rings. The van der Waals surface area contributed by atoms with Gasteiger partial charge in [-0.1, -0.05) is 66.7 Å². The van der Waals surface area contributed by atoms with E-state index in [-0.39, 0.29) is 24.8 Å². The first-order valence-corrected chi connectivity index (χ1v) is 10.7. The maximum absolute atomic E-state index is 12.9. The first kappa shape index (κ1) is 20.5. The van der Waals surface area contributed by atoms with Crippen molar-refractivity contribution < 1.29 is 14.3 Å². The normalized spacial score (nSPS) is 10.9. The molecule has 0 saturated heterocycles. The molecule has 5 nitrogen and oxygen atoms in total. The van der Waals surface area contributed by atoms with Crippen LogP contribution < -0.4 is 10.1 Å². The molecule has 4 aromatic carbocycles. The van der Waals surface area contributed by atoms with E-state index in [1.807, 2.05) is 102 Å². The molecule has 5 heteroatoms. The molecule has 1 amide bonds. The zero-order chi connectivity index (χ0) is 22.6. The molecule has 0 radical (unpaired) electrons. The largest absolute Gasteiger partial charge is 0.485 e. The first-order valence-electron chi connectivity index (χ1n) is 10.7. The van der Waals surface area contributed by atoms with E-state index in [1.54, 1.807) is 6.20 Å². The van der Waals surface area contributed by atoms with Crippen molar-refractivity contribution in [2.45, 2.75) is 6.54 Å². The lowest BCUT2D eigenvalue weighted by molar-refractivity contribution is -0.116. The van der Waals surface area contributed by atoms with Crippen molar-refractivity contribution in [2.24, 2.45) is 0 Å². The summed E-state index contributed by atoms with van der Waals surface area (Å²) >= 11 is 0. The van der Waals surface area contributed by atoms with Crippen LogP contribution in [0.4, 0.5) is 5.69 Å². The SMILES string of the molecule is O=C(Cn1cc(C(=O)COc2ccccc2)c2ccccc21)Nc1ccc2ccccc2c1. The molecular formula is C28H22N2O3. The van der Waals surface area contributed by atoms with Crippen LogP contribution in [0.1, 0.15) is 10.4 Å². The molecule has 33 heavy (non-hydrogen) atoms. The second kappa shape index (κ2) is 9.01. The fourth-order valence-corrected chi connectivity index (χ4v) is 3.97. The summed E-state index contributed by atoms with van der Waals surface area (Å²) in [5, 5.41) is 5.95. The predicted octanol–water partition coefficient (Wildman–Crippen LogP) is 5.69. The predicted molar refractivity (Wildman–Crippen MR) is 131 cm³/mol. The quantitative estimate of drug-likeness (QED) is 0.335. The molecule has 5 rings (SSSR count). The van der Waals surface area contributed by atoms with E-state index in [2.05, 4.69) is 5.32 Å². The number of Topliss-reactive ketones (excluding diaryl/α,β-unsaturated/α-hetero) is 1. The molecule has 0 aliphatic heterocycles. The molecule has 0 saturated carbocycles. The molecule has 5 aromatic rings. The van der Waals surface area contributed by atoms with Crippen LogP contribution in [0.5, 0.6) is 5.75 Å². The zero-order valence-electron chi connectivity index (χ0n) is 17.9. The molecule has 0 atom stereocenters. The van der Waals surface area contributed by atoms with Crippen molar-refractivity contribution in [2.75, 3.05) is 11.9 Å². The van der Waals surface area contributed by atoms with Crippen LogP contribution in [-0.2, 0) is 11.3 Å². The van der Waals surface area contributed by atoms with Gasteiger partial charge in [0.2, 0.25) is 11.7 Å². The number of ketones is 1. The van der Waals surface area contributed by atoms with Crippen LogP contribution in [0.15, 0.2) is 103 Å². The fourth-order valence-electron chi connectivity index (χ4n) is 3.97. The van der Waals surface area contributed by atoms with E-state index < -0.39 is 0 Å². The summed E-state index contributed by atoms with van der Waals surface area (Å²) in [6.45, 7) is 0.0292. The monoisotopic (exact) mass is 434 g/mol. The lowest BCUT2D eigenvalue weighted by atomic mass is 10.1. The molecule has 0 bridgehead atoms. The number of para-hydroxylation sites is 2. The minimum Gasteiger partial charge on any atom is -0.485 e. The average molecular weight is 434 g/mol. The molecule has 162 valence electrons. The van der Waals surface area contributed by atoms with Gasteiger partial charge < -0.3 is 14.6 Å². The van der Waals surface area contributed by atoms with Crippen LogP contribution in [0.25, 0.3) is 21.7 Å². The van der Waals surface area contributed by atoms with Crippen LogP contribution in [0.3, 0.4) is 0 Å². The third kappa shape index (κ3) is 4.48. The number of fused-ring (bicyclic) bond motifs is 2. The van der Waals surface area contributed by atoms with Gasteiger partial charge in [0.25, 0.3) is 0 Å². The Balaban J connectivity index is 1.34. The molecule has 0 aliphatic rings. The summed E-state index contributed by atoms with van der Waals surface area (Å²) in [5.41, 5.74) is 2.11. The Hall–Kier alpha value is -4.38. The minimum atomic E-state index is -0.162. The van der Waals surface area contributed by atoms with Gasteiger partial charge >= 0.3 is 0 Å². The van der Waals surface area contributed by atoms with E-state index in [9.17, 15) is 9.59 Å². The Morgan fingerprint density at radius 1 is 0.788 bits per heavy atom. The maximum atomic E-state index is 12.9. The van der Waals surface area contributed by atoms with E-state index in [0.717, 1.165) is 27.4 Å². The van der Waals surface area contributed by atoms with Gasteiger partial charge in [-0.3, -0.25) is 9.59 Å². The number of ether oxygens (including phenoxy) is 1. The number of carbonyl (C=O) groups excluding carboxylic acids is 2. The molecule has 0 aliphatic carbocycles. The first-order chi connectivity index (χ1) is 16.2. The molecule has 1 N–H and O–H groups in total. The Bertz CT molecular complexity index is 1450. The Kier molecular flexibility index (Phi) is 5.60. The third-order valence-corrected chi connectivity index (χ3v) is 5.55. The van der Waals surface area contributed by atoms with Crippen LogP contribution in [0, 0.1) is 0 Å². The molecular weight excluding hydrogens is 412 g/mol. The van der Waals surface area contributed by atoms with E-state index >= 15 is 0 Å². The van der Waals surface area contributed by atoms with Gasteiger partial charge in [-0.05, 0) is 41.1 Å². The van der Waals surface area contributed by atoms with Crippen LogP contribution in [-0.4, -0.2) is 22.9 Å². The second-order valence-corrected chi connectivity index (χ2v) is 7.82. The molecule has 0 spiro atoms. The average Bonchev–Trinajstić information content (AvgIpc) is 3.21. The summed E-state index contributed by atoms with van der Waals surface area (Å²) < 4.78 is 7.44. The lowest BCUT2D eigenvalue weighted by Gasteiger charge is -2.08. The fraction of sp³-hybridized carbons (Fsp3) is 0.0714. The van der Waals surface area contributed by atoms with E-state index in [1.165, 1.54) is 0 Å². The van der Waals surface area contributed by atoms with Gasteiger partial charge in [0, 0.05) is 28.4 Å². The van der Waals surface area contributed by atoms with E-state index in [0.29, 0.717) is 11.3 Å². The number of hydrogen-bond donors (Lipinski definition) is 1. The van der Waals surface area contributed by atoms with Gasteiger partial charge in [0.1, 0.15) is 12.3 Å². The number of rotatable bonds is 7. The van der Waals surface area contributed by atoms with Crippen molar-refractivity contribution in [3.05, 3.63) is 109 Å². The van der Waals surface area contributed by atoms with Gasteiger partial charge in [-0.2, -0.15) is 0 Å². The van der Waals surface area contributed by atoms with Gasteiger partial charge in [-0.25, -0.2) is 0 Å². The highest BCUT2D eigenvalue weighted by Crippen LogP contribution is 2.23. The van der Waals surface area contributed by atoms with Crippen LogP contribution >= 0.6 is 0 Å². The summed E-state index contributed by atoms with van der Waals surface area (Å²) in [7, 11) is 0. The number of nitrogens with zero attached hydrogens (tertiary/aromatic N) is 1. The number of nitrogens with one attached hydrogen (secondary N) is 1. The highest BCUT2D eigenvalue weighted by Gasteiger charge is 2.17. The number of aromatic nitrogens is 1. The summed E-state index contributed by atoms with van der Waals surface area (Å²) in [4.78, 5) is 25.7. The number of anilines is 1. The van der Waals surface area contributed by atoms with Gasteiger partial charge in [0.05, 0.1) is 0 Å². The number of carbonyl (C=O) groups is 2. The Morgan fingerprint density at radius 3 is 2.36 bits per heavy atom. The molecule has 1 aromatic heterocycles. The lowest BCUT2D eigenvalue weighted by Crippen LogP contribution is -2.18. The summed E-state index contributed by atoms with van der Waals surface area (Å²) in [5.74, 6) is 0.346. The second-order valence-electron chi connectivity index (χ2n) is 7.82. The Morgan fingerprint density at radius 2 is 1.52 bits per heavy atom. The maximum Gasteiger partial charge on any atom is 0.244 e. The Labute approximate surface area is 191 Å². The molecule has 0 unspecified atom stereocenters. The van der Waals surface area contributed by atoms with Crippen LogP contribution in [0.2, 0.25) is 0 Å². The van der Waals surface area contributed by atoms with E-state index in [4.69, 9.17) is 4.74 Å². The highest BCUT2D eigenvalue weighted by atomic mass is 16.5. The number of hydrogen-bond acceptors (Lipinski definition) is 3. The summed E-state index contributed by atoms with van der Waals surface area (Å²) in [6.07, 6.45) is 1.74. The highest BCUT2D eigenvalue weighted by molar-refractivity contribution is 6.09. The smallest absolute Gasteiger partial charge is 0.244 e. The van der Waals surface area contributed by atoms with Crippen molar-refractivity contribution in [1.29, 1.82) is 0 Å². The van der Waals surface area contributed by atoms with Crippen molar-refractivity contribution in [3.63, 3.8) is 0 Å². The van der Waals surface area contributed by atoms with Crippen molar-refractivity contribution >= 4 is 39.1 Å². The number of benzene rings is 4. The third-order valence-electron chi connectivity index (χ3n) is 5.55. The van der Waals surface area contributed by atoms with Crippen molar-refractivity contribution in [1.82, 2.24) is 4.57 Å². The van der Waals surface area contributed by atoms with Crippen molar-refractivity contribution in [3.8, 4) is 5.75 Å². The molecule has 1 heterocycles. The topological polar surface area (TPSA) is 60.3 Å². The van der Waals surface area contributed by atoms with Gasteiger partial charge in [-0.15, -0.1) is 0 Å². The minimum absolute atomic E-state index is 0.0681. The number of amides is 1. The van der Waals surface area contributed by atoms with Gasteiger partial charge in [0.15, 0.2) is 6.61 Å². The zero-order valence-corrected chi connectivity index (χ0v) is 17.9.